The molecule has 1 atom stereocenters. The summed E-state index contributed by atoms with van der Waals surface area (Å²) in [5, 5.41) is 6.62. The Kier molecular flexibility index (Phi) is 7.21. The van der Waals surface area contributed by atoms with Crippen LogP contribution in [0.5, 0.6) is 0 Å². The third-order valence-corrected chi connectivity index (χ3v) is 4.72. The average Bonchev–Trinajstić information content (AvgIpc) is 2.54. The summed E-state index contributed by atoms with van der Waals surface area (Å²) in [7, 11) is 1.41. The normalized spacial score (nSPS) is 13.6. The first-order valence-electron chi connectivity index (χ1n) is 6.86. The van der Waals surface area contributed by atoms with Gasteiger partial charge in [-0.15, -0.1) is 0 Å². The Morgan fingerprint density at radius 2 is 2.13 bits per heavy atom. The largest absolute Gasteiger partial charge is 0.399 e. The number of Topliss-reactive ketones (excluding diaryl/α,β-unsaturated/α-hetero) is 1. The molecule has 126 valence electrons. The van der Waals surface area contributed by atoms with Gasteiger partial charge in [0, 0.05) is 15.6 Å². The van der Waals surface area contributed by atoms with Crippen LogP contribution in [0.3, 0.4) is 0 Å². The van der Waals surface area contributed by atoms with E-state index in [1.54, 1.807) is 19.1 Å². The Morgan fingerprint density at radius 3 is 2.65 bits per heavy atom. The predicted molar refractivity (Wildman–Crippen MR) is 98.1 cm³/mol. The van der Waals surface area contributed by atoms with Crippen molar-refractivity contribution in [3.8, 4) is 0 Å². The SMILES string of the molecule is CCC(C)(NC(=O)c1cc(Br)c(N)c(C=NOC)c1)C(=O)CBr. The van der Waals surface area contributed by atoms with Crippen LogP contribution in [-0.4, -0.2) is 35.9 Å². The van der Waals surface area contributed by atoms with Crippen LogP contribution in [0.2, 0.25) is 0 Å². The quantitative estimate of drug-likeness (QED) is 0.290. The number of oxime groups is 1. The van der Waals surface area contributed by atoms with Crippen LogP contribution < -0.4 is 11.1 Å². The van der Waals surface area contributed by atoms with Crippen molar-refractivity contribution < 1.29 is 14.4 Å². The molecule has 0 aliphatic rings. The van der Waals surface area contributed by atoms with Crippen LogP contribution in [0.15, 0.2) is 21.8 Å². The lowest BCUT2D eigenvalue weighted by molar-refractivity contribution is -0.122. The van der Waals surface area contributed by atoms with E-state index in [2.05, 4.69) is 47.2 Å². The lowest BCUT2D eigenvalue weighted by atomic mass is 9.93. The number of amides is 1. The van der Waals surface area contributed by atoms with Gasteiger partial charge in [-0.25, -0.2) is 0 Å². The summed E-state index contributed by atoms with van der Waals surface area (Å²) in [4.78, 5) is 29.2. The predicted octanol–water partition coefficient (Wildman–Crippen LogP) is 2.87. The van der Waals surface area contributed by atoms with E-state index in [1.165, 1.54) is 13.3 Å². The number of benzene rings is 1. The van der Waals surface area contributed by atoms with E-state index in [-0.39, 0.29) is 17.0 Å². The highest BCUT2D eigenvalue weighted by atomic mass is 79.9. The number of nitrogens with two attached hydrogens (primary N) is 1. The molecular formula is C15H19Br2N3O3. The molecule has 1 aromatic carbocycles. The summed E-state index contributed by atoms with van der Waals surface area (Å²) in [5.41, 5.74) is 6.34. The number of hydrogen-bond donors (Lipinski definition) is 2. The molecule has 0 heterocycles. The molecule has 6 nitrogen and oxygen atoms in total. The Hall–Kier alpha value is -1.41. The number of alkyl halides is 1. The van der Waals surface area contributed by atoms with Gasteiger partial charge in [0.05, 0.1) is 22.8 Å². The second-order valence-electron chi connectivity index (χ2n) is 5.07. The number of nitrogen functional groups attached to an aromatic ring is 1. The molecule has 0 radical (unpaired) electrons. The number of carbonyl (C=O) groups excluding carboxylic acids is 2. The van der Waals surface area contributed by atoms with Gasteiger partial charge in [0.15, 0.2) is 5.78 Å². The van der Waals surface area contributed by atoms with Gasteiger partial charge in [0.2, 0.25) is 0 Å². The fourth-order valence-corrected chi connectivity index (χ4v) is 2.91. The van der Waals surface area contributed by atoms with Crippen LogP contribution >= 0.6 is 31.9 Å². The number of nitrogens with zero attached hydrogens (tertiary/aromatic N) is 1. The Labute approximate surface area is 152 Å². The molecule has 0 saturated heterocycles. The average molecular weight is 449 g/mol. The molecule has 0 spiro atoms. The van der Waals surface area contributed by atoms with E-state index in [0.717, 1.165) is 0 Å². The minimum absolute atomic E-state index is 0.0935. The van der Waals surface area contributed by atoms with Gasteiger partial charge in [-0.05, 0) is 41.4 Å². The number of rotatable bonds is 7. The highest BCUT2D eigenvalue weighted by molar-refractivity contribution is 9.10. The molecule has 1 amide bonds. The van der Waals surface area contributed by atoms with Gasteiger partial charge < -0.3 is 15.9 Å². The monoisotopic (exact) mass is 447 g/mol. The summed E-state index contributed by atoms with van der Waals surface area (Å²) in [6.07, 6.45) is 1.90. The van der Waals surface area contributed by atoms with E-state index in [1.807, 2.05) is 6.92 Å². The van der Waals surface area contributed by atoms with Crippen molar-refractivity contribution >= 4 is 55.5 Å². The number of carbonyl (C=O) groups is 2. The fraction of sp³-hybridized carbons (Fsp3) is 0.400. The maximum Gasteiger partial charge on any atom is 0.252 e. The lowest BCUT2D eigenvalue weighted by Crippen LogP contribution is -2.52. The van der Waals surface area contributed by atoms with E-state index in [0.29, 0.717) is 27.7 Å². The molecule has 0 saturated carbocycles. The second kappa shape index (κ2) is 8.44. The molecule has 0 fully saturated rings. The third kappa shape index (κ3) is 4.78. The van der Waals surface area contributed by atoms with E-state index in [9.17, 15) is 9.59 Å². The molecule has 1 aromatic rings. The molecule has 0 aliphatic heterocycles. The van der Waals surface area contributed by atoms with Gasteiger partial charge in [0.25, 0.3) is 5.91 Å². The molecule has 0 bridgehead atoms. The number of nitrogens with one attached hydrogen (secondary N) is 1. The van der Waals surface area contributed by atoms with E-state index in [4.69, 9.17) is 5.73 Å². The fourth-order valence-electron chi connectivity index (χ4n) is 1.81. The molecule has 0 aromatic heterocycles. The summed E-state index contributed by atoms with van der Waals surface area (Å²) in [5.74, 6) is -0.458. The summed E-state index contributed by atoms with van der Waals surface area (Å²) >= 11 is 6.46. The van der Waals surface area contributed by atoms with E-state index < -0.39 is 5.54 Å². The maximum atomic E-state index is 12.5. The molecule has 23 heavy (non-hydrogen) atoms. The molecule has 0 aliphatic carbocycles. The van der Waals surface area contributed by atoms with Gasteiger partial charge >= 0.3 is 0 Å². The minimum Gasteiger partial charge on any atom is -0.399 e. The minimum atomic E-state index is -0.935. The molecule has 3 N–H and O–H groups in total. The Bertz CT molecular complexity index is 635. The van der Waals surface area contributed by atoms with Crippen LogP contribution in [0.4, 0.5) is 5.69 Å². The Morgan fingerprint density at radius 1 is 1.48 bits per heavy atom. The number of halogens is 2. The zero-order chi connectivity index (χ0) is 17.6. The topological polar surface area (TPSA) is 93.8 Å². The standard InChI is InChI=1S/C15H19Br2N3O3/c1-4-15(2,12(21)7-16)20-14(22)9-5-10(8-19-23-3)13(18)11(17)6-9/h5-6,8H,4,7,18H2,1-3H3,(H,20,22). The highest BCUT2D eigenvalue weighted by Gasteiger charge is 2.32. The highest BCUT2D eigenvalue weighted by Crippen LogP contribution is 2.25. The van der Waals surface area contributed by atoms with Gasteiger partial charge in [0.1, 0.15) is 7.11 Å². The maximum absolute atomic E-state index is 12.5. The van der Waals surface area contributed by atoms with Gasteiger partial charge in [-0.1, -0.05) is 28.0 Å². The summed E-state index contributed by atoms with van der Waals surface area (Å²) in [6, 6.07) is 3.19. The number of anilines is 1. The van der Waals surface area contributed by atoms with Crippen LogP contribution in [0.25, 0.3) is 0 Å². The zero-order valence-corrected chi connectivity index (χ0v) is 16.3. The molecular weight excluding hydrogens is 430 g/mol. The van der Waals surface area contributed by atoms with Crippen molar-refractivity contribution in [3.63, 3.8) is 0 Å². The van der Waals surface area contributed by atoms with Gasteiger partial charge in [-0.3, -0.25) is 9.59 Å². The summed E-state index contributed by atoms with van der Waals surface area (Å²) < 4.78 is 0.563. The molecule has 1 unspecified atom stereocenters. The van der Waals surface area contributed by atoms with Gasteiger partial charge in [-0.2, -0.15) is 0 Å². The Balaban J connectivity index is 3.15. The van der Waals surface area contributed by atoms with Crippen LogP contribution in [-0.2, 0) is 9.63 Å². The third-order valence-electron chi connectivity index (χ3n) is 3.55. The number of ketones is 1. The summed E-state index contributed by atoms with van der Waals surface area (Å²) in [6.45, 7) is 3.55. The van der Waals surface area contributed by atoms with Crippen molar-refractivity contribution in [2.45, 2.75) is 25.8 Å². The van der Waals surface area contributed by atoms with Crippen molar-refractivity contribution in [2.24, 2.45) is 5.16 Å². The van der Waals surface area contributed by atoms with Crippen molar-refractivity contribution in [3.05, 3.63) is 27.7 Å². The lowest BCUT2D eigenvalue weighted by Gasteiger charge is -2.27. The van der Waals surface area contributed by atoms with Crippen LogP contribution in [0, 0.1) is 0 Å². The molecule has 8 heteroatoms. The first kappa shape index (κ1) is 19.6. The molecule has 1 rings (SSSR count). The first-order valence-corrected chi connectivity index (χ1v) is 8.77. The van der Waals surface area contributed by atoms with Crippen molar-refractivity contribution in [1.82, 2.24) is 5.32 Å². The van der Waals surface area contributed by atoms with Crippen molar-refractivity contribution in [2.75, 3.05) is 18.2 Å². The zero-order valence-electron chi connectivity index (χ0n) is 13.2. The van der Waals surface area contributed by atoms with Crippen LogP contribution in [0.1, 0.15) is 36.2 Å². The number of hydrogen-bond acceptors (Lipinski definition) is 5. The van der Waals surface area contributed by atoms with Crippen molar-refractivity contribution in [1.29, 1.82) is 0 Å². The second-order valence-corrected chi connectivity index (χ2v) is 6.49. The smallest absolute Gasteiger partial charge is 0.252 e. The first-order chi connectivity index (χ1) is 10.8. The van der Waals surface area contributed by atoms with E-state index >= 15 is 0 Å².